The Morgan fingerprint density at radius 3 is 2.47 bits per heavy atom. The maximum absolute atomic E-state index is 6.17. The molecule has 2 aromatic rings. The van der Waals surface area contributed by atoms with Crippen LogP contribution in [0.3, 0.4) is 0 Å². The van der Waals surface area contributed by atoms with Gasteiger partial charge in [-0.15, -0.1) is 0 Å². The molecule has 0 amide bonds. The molecule has 1 atom stereocenters. The summed E-state index contributed by atoms with van der Waals surface area (Å²) < 4.78 is 0.902. The van der Waals surface area contributed by atoms with E-state index < -0.39 is 0 Å². The highest BCUT2D eigenvalue weighted by molar-refractivity contribution is 9.10. The third kappa shape index (κ3) is 3.30. The summed E-state index contributed by atoms with van der Waals surface area (Å²) in [5.41, 5.74) is 5.86. The third-order valence-corrected chi connectivity index (χ3v) is 4.30. The second-order valence-corrected chi connectivity index (χ2v) is 5.97. The normalized spacial score (nSPS) is 12.5. The van der Waals surface area contributed by atoms with Crippen LogP contribution in [0.1, 0.15) is 22.7 Å². The maximum atomic E-state index is 6.17. The highest BCUT2D eigenvalue weighted by Crippen LogP contribution is 2.31. The van der Waals surface area contributed by atoms with Crippen LogP contribution in [0.5, 0.6) is 0 Å². The van der Waals surface area contributed by atoms with Crippen molar-refractivity contribution < 1.29 is 0 Å². The Hall–Kier alpha value is -0.580. The molecule has 0 aromatic heterocycles. The van der Waals surface area contributed by atoms with Gasteiger partial charge in [0.05, 0.1) is 6.04 Å². The van der Waals surface area contributed by atoms with E-state index in [1.54, 1.807) is 0 Å². The highest BCUT2D eigenvalue weighted by atomic mass is 79.9. The molecule has 2 rings (SSSR count). The molecule has 0 heterocycles. The zero-order valence-corrected chi connectivity index (χ0v) is 13.4. The molecular weight excluding hydrogens is 347 g/mol. The molecule has 2 nitrogen and oxygen atoms in total. The van der Waals surface area contributed by atoms with Crippen LogP contribution in [-0.4, -0.2) is 0 Å². The number of hydrogen-bond acceptors (Lipinski definition) is 2. The van der Waals surface area contributed by atoms with E-state index in [1.165, 1.54) is 0 Å². The number of halogens is 3. The van der Waals surface area contributed by atoms with Gasteiger partial charge in [-0.05, 0) is 41.8 Å². The van der Waals surface area contributed by atoms with Gasteiger partial charge in [-0.25, -0.2) is 5.43 Å². The summed E-state index contributed by atoms with van der Waals surface area (Å²) in [5, 5.41) is 1.40. The number of rotatable bonds is 3. The summed E-state index contributed by atoms with van der Waals surface area (Å²) in [5.74, 6) is 5.68. The van der Waals surface area contributed by atoms with Crippen LogP contribution in [0.15, 0.2) is 40.9 Å². The van der Waals surface area contributed by atoms with Gasteiger partial charge in [0, 0.05) is 14.5 Å². The van der Waals surface area contributed by atoms with E-state index in [0.29, 0.717) is 5.02 Å². The average molecular weight is 360 g/mol. The molecule has 0 saturated heterocycles. The third-order valence-electron chi connectivity index (χ3n) is 2.97. The largest absolute Gasteiger partial charge is 0.271 e. The Kier molecular flexibility index (Phi) is 4.87. The molecule has 0 spiro atoms. The van der Waals surface area contributed by atoms with Crippen molar-refractivity contribution in [3.05, 3.63) is 67.6 Å². The Bertz CT molecular complexity index is 602. The molecule has 0 aliphatic rings. The van der Waals surface area contributed by atoms with Crippen LogP contribution in [0.2, 0.25) is 10.0 Å². The summed E-state index contributed by atoms with van der Waals surface area (Å²) in [6.45, 7) is 1.97. The molecule has 0 fully saturated rings. The second kappa shape index (κ2) is 6.25. The van der Waals surface area contributed by atoms with Crippen LogP contribution >= 0.6 is 39.1 Å². The van der Waals surface area contributed by atoms with Gasteiger partial charge in [-0.2, -0.15) is 0 Å². The zero-order valence-electron chi connectivity index (χ0n) is 10.3. The summed E-state index contributed by atoms with van der Waals surface area (Å²) >= 11 is 15.6. The second-order valence-electron chi connectivity index (χ2n) is 4.27. The van der Waals surface area contributed by atoms with E-state index in [-0.39, 0.29) is 6.04 Å². The van der Waals surface area contributed by atoms with Crippen molar-refractivity contribution in [1.29, 1.82) is 0 Å². The first-order valence-corrected chi connectivity index (χ1v) is 7.25. The summed E-state index contributed by atoms with van der Waals surface area (Å²) in [7, 11) is 0. The fourth-order valence-electron chi connectivity index (χ4n) is 1.89. The number of aryl methyl sites for hydroxylation is 1. The predicted molar refractivity (Wildman–Crippen MR) is 84.5 cm³/mol. The van der Waals surface area contributed by atoms with Crippen LogP contribution < -0.4 is 11.3 Å². The van der Waals surface area contributed by atoms with E-state index in [1.807, 2.05) is 43.3 Å². The van der Waals surface area contributed by atoms with Crippen molar-refractivity contribution in [2.45, 2.75) is 13.0 Å². The standard InChI is InChI=1S/C14H13BrCl2N2/c1-8-2-3-9(6-13(8)17)14(19-18)11-5-4-10(16)7-12(11)15/h2-7,14,19H,18H2,1H3. The van der Waals surface area contributed by atoms with Gasteiger partial charge in [-0.1, -0.05) is 57.3 Å². The van der Waals surface area contributed by atoms with Crippen molar-refractivity contribution in [1.82, 2.24) is 5.43 Å². The molecular formula is C14H13BrCl2N2. The number of nitrogens with two attached hydrogens (primary N) is 1. The summed E-state index contributed by atoms with van der Waals surface area (Å²) in [6.07, 6.45) is 0. The first-order chi connectivity index (χ1) is 9.02. The summed E-state index contributed by atoms with van der Waals surface area (Å²) in [4.78, 5) is 0. The molecule has 0 saturated carbocycles. The van der Waals surface area contributed by atoms with Gasteiger partial charge >= 0.3 is 0 Å². The number of nitrogens with one attached hydrogen (secondary N) is 1. The molecule has 0 aliphatic carbocycles. The molecule has 5 heteroatoms. The van der Waals surface area contributed by atoms with Gasteiger partial charge < -0.3 is 0 Å². The molecule has 19 heavy (non-hydrogen) atoms. The van der Waals surface area contributed by atoms with Crippen molar-refractivity contribution in [3.8, 4) is 0 Å². The quantitative estimate of drug-likeness (QED) is 0.620. The van der Waals surface area contributed by atoms with Crippen molar-refractivity contribution in [3.63, 3.8) is 0 Å². The van der Waals surface area contributed by atoms with E-state index in [2.05, 4.69) is 21.4 Å². The lowest BCUT2D eigenvalue weighted by Gasteiger charge is -2.19. The smallest absolute Gasteiger partial charge is 0.0721 e. The molecule has 0 radical (unpaired) electrons. The Labute approximate surface area is 131 Å². The minimum atomic E-state index is -0.148. The van der Waals surface area contributed by atoms with Crippen LogP contribution in [0.4, 0.5) is 0 Å². The fraction of sp³-hybridized carbons (Fsp3) is 0.143. The first-order valence-electron chi connectivity index (χ1n) is 5.70. The molecule has 2 aromatic carbocycles. The fourth-order valence-corrected chi connectivity index (χ4v) is 2.99. The minimum Gasteiger partial charge on any atom is -0.271 e. The van der Waals surface area contributed by atoms with Crippen LogP contribution in [-0.2, 0) is 0 Å². The van der Waals surface area contributed by atoms with Crippen LogP contribution in [0.25, 0.3) is 0 Å². The van der Waals surface area contributed by atoms with Gasteiger partial charge in [0.25, 0.3) is 0 Å². The van der Waals surface area contributed by atoms with Crippen molar-refractivity contribution >= 4 is 39.1 Å². The lowest BCUT2D eigenvalue weighted by atomic mass is 9.98. The van der Waals surface area contributed by atoms with Crippen LogP contribution in [0, 0.1) is 6.92 Å². The number of benzene rings is 2. The van der Waals surface area contributed by atoms with Crippen molar-refractivity contribution in [2.24, 2.45) is 5.84 Å². The van der Waals surface area contributed by atoms with E-state index >= 15 is 0 Å². The molecule has 0 aliphatic heterocycles. The predicted octanol–water partition coefficient (Wildman–Crippen LogP) is 4.62. The zero-order chi connectivity index (χ0) is 14.0. The minimum absolute atomic E-state index is 0.148. The van der Waals surface area contributed by atoms with Gasteiger partial charge in [0.1, 0.15) is 0 Å². The topological polar surface area (TPSA) is 38.0 Å². The molecule has 0 bridgehead atoms. The molecule has 1 unspecified atom stereocenters. The highest BCUT2D eigenvalue weighted by Gasteiger charge is 2.16. The Morgan fingerprint density at radius 2 is 1.89 bits per heavy atom. The monoisotopic (exact) mass is 358 g/mol. The van der Waals surface area contributed by atoms with E-state index in [4.69, 9.17) is 29.0 Å². The van der Waals surface area contributed by atoms with Gasteiger partial charge in [0.2, 0.25) is 0 Å². The maximum Gasteiger partial charge on any atom is 0.0721 e. The van der Waals surface area contributed by atoms with E-state index in [9.17, 15) is 0 Å². The first kappa shape index (κ1) is 14.8. The number of hydrogen-bond donors (Lipinski definition) is 2. The van der Waals surface area contributed by atoms with Gasteiger partial charge in [0.15, 0.2) is 0 Å². The number of hydrazine groups is 1. The summed E-state index contributed by atoms with van der Waals surface area (Å²) in [6, 6.07) is 11.4. The van der Waals surface area contributed by atoms with E-state index in [0.717, 1.165) is 26.2 Å². The Balaban J connectivity index is 2.46. The SMILES string of the molecule is Cc1ccc(C(NN)c2ccc(Cl)cc2Br)cc1Cl. The average Bonchev–Trinajstić information content (AvgIpc) is 2.37. The van der Waals surface area contributed by atoms with Gasteiger partial charge in [-0.3, -0.25) is 5.84 Å². The molecule has 100 valence electrons. The lowest BCUT2D eigenvalue weighted by molar-refractivity contribution is 0.634. The molecule has 3 N–H and O–H groups in total. The Morgan fingerprint density at radius 1 is 1.16 bits per heavy atom. The van der Waals surface area contributed by atoms with Crippen molar-refractivity contribution in [2.75, 3.05) is 0 Å². The lowest BCUT2D eigenvalue weighted by Crippen LogP contribution is -2.29.